The Kier molecular flexibility index (Phi) is 4.65. The molecule has 7 nitrogen and oxygen atoms in total. The number of carbonyl (C=O) groups excluding carboxylic acids is 1. The lowest BCUT2D eigenvalue weighted by atomic mass is 10.3. The highest BCUT2D eigenvalue weighted by Gasteiger charge is 2.07. The first-order valence-electron chi connectivity index (χ1n) is 4.83. The molecule has 0 aliphatic heterocycles. The number of sulfonamides is 1. The second-order valence-corrected chi connectivity index (χ2v) is 4.80. The number of nitrogens with zero attached hydrogens (tertiary/aromatic N) is 1. The van der Waals surface area contributed by atoms with Crippen molar-refractivity contribution in [2.75, 3.05) is 13.2 Å². The Morgan fingerprint density at radius 3 is 2.50 bits per heavy atom. The summed E-state index contributed by atoms with van der Waals surface area (Å²) in [5.74, 6) is -0.110. The first-order valence-corrected chi connectivity index (χ1v) is 6.37. The number of hydrogen-bond acceptors (Lipinski definition) is 5. The molecule has 0 aromatic heterocycles. The quantitative estimate of drug-likeness (QED) is 0.688. The van der Waals surface area contributed by atoms with Gasteiger partial charge in [0.2, 0.25) is 10.0 Å². The molecule has 1 aromatic carbocycles. The third-order valence-electron chi connectivity index (χ3n) is 1.89. The van der Waals surface area contributed by atoms with Gasteiger partial charge in [-0.25, -0.2) is 13.6 Å². The molecular formula is C10H11N3O4S. The summed E-state index contributed by atoms with van der Waals surface area (Å²) < 4.78 is 27.0. The average Bonchev–Trinajstić information content (AvgIpc) is 2.33. The van der Waals surface area contributed by atoms with Gasteiger partial charge in [-0.15, -0.1) is 0 Å². The van der Waals surface area contributed by atoms with Crippen molar-refractivity contribution in [1.29, 1.82) is 5.26 Å². The molecule has 0 heterocycles. The van der Waals surface area contributed by atoms with Gasteiger partial charge in [0.15, 0.2) is 6.61 Å². The van der Waals surface area contributed by atoms with E-state index in [-0.39, 0.29) is 18.0 Å². The molecule has 0 aliphatic carbocycles. The highest BCUT2D eigenvalue weighted by molar-refractivity contribution is 7.89. The summed E-state index contributed by atoms with van der Waals surface area (Å²) in [6.45, 7) is -0.344. The van der Waals surface area contributed by atoms with Gasteiger partial charge in [-0.2, -0.15) is 5.26 Å². The van der Waals surface area contributed by atoms with Gasteiger partial charge in [0.1, 0.15) is 12.3 Å². The lowest BCUT2D eigenvalue weighted by Gasteiger charge is -2.06. The number of amides is 1. The molecule has 18 heavy (non-hydrogen) atoms. The van der Waals surface area contributed by atoms with Crippen molar-refractivity contribution < 1.29 is 17.9 Å². The molecule has 96 valence electrons. The molecule has 0 saturated heterocycles. The van der Waals surface area contributed by atoms with Crippen LogP contribution in [0.1, 0.15) is 0 Å². The highest BCUT2D eigenvalue weighted by atomic mass is 32.2. The maximum Gasteiger partial charge on any atom is 0.258 e. The first kappa shape index (κ1) is 14.0. The standard InChI is InChI=1S/C10H11N3O4S/c11-5-6-13-10(14)7-17-8-1-3-9(4-2-8)18(12,15)16/h1-4H,6-7H2,(H,13,14)(H2,12,15,16). The third kappa shape index (κ3) is 4.40. The SMILES string of the molecule is N#CCNC(=O)COc1ccc(S(N)(=O)=O)cc1. The maximum atomic E-state index is 11.1. The Hall–Kier alpha value is -2.11. The predicted molar refractivity (Wildman–Crippen MR) is 61.9 cm³/mol. The zero-order valence-electron chi connectivity index (χ0n) is 9.29. The fourth-order valence-corrected chi connectivity index (χ4v) is 1.58. The van der Waals surface area contributed by atoms with Gasteiger partial charge in [0.05, 0.1) is 11.0 Å². The normalized spacial score (nSPS) is 10.4. The molecule has 0 unspecified atom stereocenters. The topological polar surface area (TPSA) is 122 Å². The van der Waals surface area contributed by atoms with Crippen LogP contribution in [0.4, 0.5) is 0 Å². The van der Waals surface area contributed by atoms with Crippen LogP contribution in [0.2, 0.25) is 0 Å². The van der Waals surface area contributed by atoms with E-state index in [2.05, 4.69) is 5.32 Å². The molecular weight excluding hydrogens is 258 g/mol. The largest absolute Gasteiger partial charge is 0.484 e. The summed E-state index contributed by atoms with van der Waals surface area (Å²) in [4.78, 5) is 11.1. The van der Waals surface area contributed by atoms with E-state index in [1.165, 1.54) is 24.3 Å². The van der Waals surface area contributed by atoms with Gasteiger partial charge in [-0.05, 0) is 24.3 Å². The summed E-state index contributed by atoms with van der Waals surface area (Å²) in [6.07, 6.45) is 0. The third-order valence-corrected chi connectivity index (χ3v) is 2.82. The number of nitriles is 1. The van der Waals surface area contributed by atoms with Gasteiger partial charge >= 0.3 is 0 Å². The number of rotatable bonds is 5. The van der Waals surface area contributed by atoms with Crippen LogP contribution in [0.3, 0.4) is 0 Å². The molecule has 0 aliphatic rings. The number of nitrogens with one attached hydrogen (secondary N) is 1. The van der Waals surface area contributed by atoms with E-state index in [0.717, 1.165) is 0 Å². The minimum atomic E-state index is -3.73. The second kappa shape index (κ2) is 6.00. The summed E-state index contributed by atoms with van der Waals surface area (Å²) >= 11 is 0. The van der Waals surface area contributed by atoms with Crippen LogP contribution in [0, 0.1) is 11.3 Å². The molecule has 0 bridgehead atoms. The van der Waals surface area contributed by atoms with Gasteiger partial charge in [-0.1, -0.05) is 0 Å². The van der Waals surface area contributed by atoms with E-state index in [9.17, 15) is 13.2 Å². The fraction of sp³-hybridized carbons (Fsp3) is 0.200. The summed E-state index contributed by atoms with van der Waals surface area (Å²) in [5, 5.41) is 15.5. The van der Waals surface area contributed by atoms with Crippen molar-refractivity contribution in [2.24, 2.45) is 5.14 Å². The Morgan fingerprint density at radius 2 is 2.00 bits per heavy atom. The van der Waals surface area contributed by atoms with E-state index in [0.29, 0.717) is 5.75 Å². The number of benzene rings is 1. The van der Waals surface area contributed by atoms with Crippen LogP contribution in [0.5, 0.6) is 5.75 Å². The van der Waals surface area contributed by atoms with Crippen LogP contribution in [-0.4, -0.2) is 27.5 Å². The Labute approximate surface area is 104 Å². The van der Waals surface area contributed by atoms with E-state index < -0.39 is 15.9 Å². The fourth-order valence-electron chi connectivity index (χ4n) is 1.06. The summed E-state index contributed by atoms with van der Waals surface area (Å²) in [6, 6.07) is 7.08. The number of hydrogen-bond donors (Lipinski definition) is 2. The maximum absolute atomic E-state index is 11.1. The average molecular weight is 269 g/mol. The highest BCUT2D eigenvalue weighted by Crippen LogP contribution is 2.14. The van der Waals surface area contributed by atoms with E-state index in [4.69, 9.17) is 15.1 Å². The molecule has 0 fully saturated rings. The van der Waals surface area contributed by atoms with Crippen LogP contribution >= 0.6 is 0 Å². The van der Waals surface area contributed by atoms with Gasteiger partial charge in [-0.3, -0.25) is 4.79 Å². The Morgan fingerprint density at radius 1 is 1.39 bits per heavy atom. The van der Waals surface area contributed by atoms with Crippen molar-refractivity contribution in [2.45, 2.75) is 4.90 Å². The van der Waals surface area contributed by atoms with Crippen molar-refractivity contribution in [3.63, 3.8) is 0 Å². The smallest absolute Gasteiger partial charge is 0.258 e. The molecule has 0 atom stereocenters. The van der Waals surface area contributed by atoms with Crippen molar-refractivity contribution >= 4 is 15.9 Å². The van der Waals surface area contributed by atoms with Crippen molar-refractivity contribution in [3.05, 3.63) is 24.3 Å². The van der Waals surface area contributed by atoms with E-state index >= 15 is 0 Å². The second-order valence-electron chi connectivity index (χ2n) is 3.24. The minimum Gasteiger partial charge on any atom is -0.484 e. The van der Waals surface area contributed by atoms with Gasteiger partial charge in [0, 0.05) is 0 Å². The molecule has 1 amide bonds. The number of ether oxygens (including phenoxy) is 1. The van der Waals surface area contributed by atoms with E-state index in [1.807, 2.05) is 0 Å². The van der Waals surface area contributed by atoms with E-state index in [1.54, 1.807) is 6.07 Å². The number of nitrogens with two attached hydrogens (primary N) is 1. The van der Waals surface area contributed by atoms with Crippen LogP contribution in [0.15, 0.2) is 29.2 Å². The molecule has 0 saturated carbocycles. The van der Waals surface area contributed by atoms with Crippen molar-refractivity contribution in [1.82, 2.24) is 5.32 Å². The van der Waals surface area contributed by atoms with Crippen LogP contribution in [-0.2, 0) is 14.8 Å². The lowest BCUT2D eigenvalue weighted by molar-refractivity contribution is -0.122. The summed E-state index contributed by atoms with van der Waals surface area (Å²) in [5.41, 5.74) is 0. The molecule has 0 spiro atoms. The molecule has 1 rings (SSSR count). The summed E-state index contributed by atoms with van der Waals surface area (Å²) in [7, 11) is -3.73. The zero-order chi connectivity index (χ0) is 13.6. The lowest BCUT2D eigenvalue weighted by Crippen LogP contribution is -2.29. The number of primary sulfonamides is 1. The monoisotopic (exact) mass is 269 g/mol. The Bertz CT molecular complexity index is 560. The Balaban J connectivity index is 2.55. The predicted octanol–water partition coefficient (Wildman–Crippen LogP) is -0.647. The van der Waals surface area contributed by atoms with Crippen LogP contribution in [0.25, 0.3) is 0 Å². The molecule has 3 N–H and O–H groups in total. The number of carbonyl (C=O) groups is 1. The minimum absolute atomic E-state index is 0.0382. The van der Waals surface area contributed by atoms with Gasteiger partial charge < -0.3 is 10.1 Å². The van der Waals surface area contributed by atoms with Crippen molar-refractivity contribution in [3.8, 4) is 11.8 Å². The first-order chi connectivity index (χ1) is 8.43. The zero-order valence-corrected chi connectivity index (χ0v) is 10.1. The molecule has 8 heteroatoms. The van der Waals surface area contributed by atoms with Crippen LogP contribution < -0.4 is 15.2 Å². The molecule has 0 radical (unpaired) electrons. The van der Waals surface area contributed by atoms with Gasteiger partial charge in [0.25, 0.3) is 5.91 Å². The molecule has 1 aromatic rings.